The first-order chi connectivity index (χ1) is 8.23. The van der Waals surface area contributed by atoms with Crippen LogP contribution >= 0.6 is 0 Å². The maximum atomic E-state index is 13.8. The second-order valence-corrected chi connectivity index (χ2v) is 7.90. The van der Waals surface area contributed by atoms with Crippen LogP contribution in [0.4, 0.5) is 4.39 Å². The second-order valence-electron chi connectivity index (χ2n) is 5.54. The third kappa shape index (κ3) is 2.42. The van der Waals surface area contributed by atoms with Crippen molar-refractivity contribution < 1.29 is 12.8 Å². The molecule has 2 unspecified atom stereocenters. The molecule has 0 amide bonds. The van der Waals surface area contributed by atoms with E-state index in [9.17, 15) is 12.8 Å². The standard InChI is InChI=1S/C13H18FNO2S/c1-9-12(10-6-4-5-7-11(10)14)15-13(2,3)8-18(9,16)17/h4-7,9,12,15H,8H2,1-3H3. The van der Waals surface area contributed by atoms with E-state index in [1.807, 2.05) is 13.8 Å². The molecule has 0 spiro atoms. The molecule has 18 heavy (non-hydrogen) atoms. The Balaban J connectivity index is 2.47. The molecule has 1 aliphatic rings. The van der Waals surface area contributed by atoms with E-state index in [1.54, 1.807) is 25.1 Å². The summed E-state index contributed by atoms with van der Waals surface area (Å²) >= 11 is 0. The highest BCUT2D eigenvalue weighted by atomic mass is 32.2. The van der Waals surface area contributed by atoms with Crippen LogP contribution in [-0.4, -0.2) is 25.0 Å². The van der Waals surface area contributed by atoms with Gasteiger partial charge in [-0.3, -0.25) is 0 Å². The molecule has 1 aliphatic heterocycles. The molecule has 1 heterocycles. The van der Waals surface area contributed by atoms with Crippen molar-refractivity contribution in [2.24, 2.45) is 0 Å². The minimum Gasteiger partial charge on any atom is -0.303 e. The summed E-state index contributed by atoms with van der Waals surface area (Å²) in [7, 11) is -3.21. The van der Waals surface area contributed by atoms with Crippen molar-refractivity contribution in [1.82, 2.24) is 5.32 Å². The molecule has 0 aliphatic carbocycles. The molecule has 1 aromatic carbocycles. The van der Waals surface area contributed by atoms with Crippen molar-refractivity contribution in [3.8, 4) is 0 Å². The summed E-state index contributed by atoms with van der Waals surface area (Å²) in [6.07, 6.45) is 0. The third-order valence-electron chi connectivity index (χ3n) is 3.38. The van der Waals surface area contributed by atoms with Crippen molar-refractivity contribution >= 4 is 9.84 Å². The number of hydrogen-bond acceptors (Lipinski definition) is 3. The molecule has 5 heteroatoms. The molecule has 0 aromatic heterocycles. The fraction of sp³-hybridized carbons (Fsp3) is 0.538. The Morgan fingerprint density at radius 3 is 2.56 bits per heavy atom. The third-order valence-corrected chi connectivity index (χ3v) is 5.91. The van der Waals surface area contributed by atoms with Crippen molar-refractivity contribution in [3.05, 3.63) is 35.6 Å². The maximum absolute atomic E-state index is 13.8. The number of sulfone groups is 1. The van der Waals surface area contributed by atoms with E-state index in [0.29, 0.717) is 5.56 Å². The molecule has 100 valence electrons. The molecular formula is C13H18FNO2S. The lowest BCUT2D eigenvalue weighted by atomic mass is 9.98. The van der Waals surface area contributed by atoms with E-state index < -0.39 is 26.7 Å². The molecule has 1 N–H and O–H groups in total. The zero-order chi connectivity index (χ0) is 13.6. The topological polar surface area (TPSA) is 46.2 Å². The molecule has 0 radical (unpaired) electrons. The fourth-order valence-corrected chi connectivity index (χ4v) is 4.46. The summed E-state index contributed by atoms with van der Waals surface area (Å²) in [5, 5.41) is 2.61. The largest absolute Gasteiger partial charge is 0.303 e. The monoisotopic (exact) mass is 271 g/mol. The van der Waals surface area contributed by atoms with Crippen molar-refractivity contribution in [2.75, 3.05) is 5.75 Å². The minimum atomic E-state index is -3.21. The average molecular weight is 271 g/mol. The Hall–Kier alpha value is -0.940. The van der Waals surface area contributed by atoms with Gasteiger partial charge < -0.3 is 5.32 Å². The van der Waals surface area contributed by atoms with Crippen molar-refractivity contribution in [1.29, 1.82) is 0 Å². The van der Waals surface area contributed by atoms with Crippen molar-refractivity contribution in [3.63, 3.8) is 0 Å². The maximum Gasteiger partial charge on any atom is 0.156 e. The van der Waals surface area contributed by atoms with Crippen LogP contribution in [0.1, 0.15) is 32.4 Å². The van der Waals surface area contributed by atoms with E-state index in [2.05, 4.69) is 5.32 Å². The quantitative estimate of drug-likeness (QED) is 0.850. The van der Waals surface area contributed by atoms with Crippen LogP contribution in [0.5, 0.6) is 0 Å². The Bertz CT molecular complexity index is 554. The number of nitrogens with one attached hydrogen (secondary N) is 1. The predicted octanol–water partition coefficient (Wildman–Crippen LogP) is 2.05. The Morgan fingerprint density at radius 2 is 1.94 bits per heavy atom. The molecule has 1 aromatic rings. The van der Waals surface area contributed by atoms with Gasteiger partial charge in [0, 0.05) is 11.1 Å². The summed E-state index contributed by atoms with van der Waals surface area (Å²) in [4.78, 5) is 0. The summed E-state index contributed by atoms with van der Waals surface area (Å²) in [6, 6.07) is 5.82. The van der Waals surface area contributed by atoms with E-state index >= 15 is 0 Å². The number of halogens is 1. The smallest absolute Gasteiger partial charge is 0.156 e. The van der Waals surface area contributed by atoms with E-state index in [0.717, 1.165) is 0 Å². The van der Waals surface area contributed by atoms with Crippen LogP contribution in [0.3, 0.4) is 0 Å². The second kappa shape index (κ2) is 4.31. The summed E-state index contributed by atoms with van der Waals surface area (Å²) in [6.45, 7) is 5.28. The Morgan fingerprint density at radius 1 is 1.33 bits per heavy atom. The van der Waals surface area contributed by atoms with Gasteiger partial charge in [0.2, 0.25) is 0 Å². The highest BCUT2D eigenvalue weighted by molar-refractivity contribution is 7.92. The molecule has 1 saturated heterocycles. The predicted molar refractivity (Wildman–Crippen MR) is 69.6 cm³/mol. The summed E-state index contributed by atoms with van der Waals surface area (Å²) < 4.78 is 38.1. The number of benzene rings is 1. The van der Waals surface area contributed by atoms with Gasteiger partial charge in [-0.25, -0.2) is 12.8 Å². The first kappa shape index (κ1) is 13.5. The lowest BCUT2D eigenvalue weighted by molar-refractivity contribution is 0.328. The van der Waals surface area contributed by atoms with Crippen LogP contribution in [0.2, 0.25) is 0 Å². The van der Waals surface area contributed by atoms with Gasteiger partial charge in [0.15, 0.2) is 9.84 Å². The van der Waals surface area contributed by atoms with Gasteiger partial charge in [-0.15, -0.1) is 0 Å². The van der Waals surface area contributed by atoms with Crippen LogP contribution in [0, 0.1) is 5.82 Å². The Labute approximate surface area is 107 Å². The van der Waals surface area contributed by atoms with E-state index in [1.165, 1.54) is 6.07 Å². The number of rotatable bonds is 1. The van der Waals surface area contributed by atoms with Gasteiger partial charge in [-0.1, -0.05) is 18.2 Å². The van der Waals surface area contributed by atoms with Crippen LogP contribution < -0.4 is 5.32 Å². The Kier molecular flexibility index (Phi) is 3.23. The first-order valence-corrected chi connectivity index (χ1v) is 7.68. The van der Waals surface area contributed by atoms with Crippen LogP contribution in [0.15, 0.2) is 24.3 Å². The van der Waals surface area contributed by atoms with Crippen LogP contribution in [0.25, 0.3) is 0 Å². The lowest BCUT2D eigenvalue weighted by Crippen LogP contribution is -2.57. The zero-order valence-corrected chi connectivity index (χ0v) is 11.6. The highest BCUT2D eigenvalue weighted by Crippen LogP contribution is 2.32. The normalized spacial score (nSPS) is 30.0. The minimum absolute atomic E-state index is 0.0755. The SMILES string of the molecule is CC1C(c2ccccc2F)NC(C)(C)CS1(=O)=O. The molecule has 2 rings (SSSR count). The van der Waals surface area contributed by atoms with E-state index in [-0.39, 0.29) is 11.6 Å². The van der Waals surface area contributed by atoms with Gasteiger partial charge in [-0.2, -0.15) is 0 Å². The molecule has 2 atom stereocenters. The molecule has 0 saturated carbocycles. The number of hydrogen-bond donors (Lipinski definition) is 1. The first-order valence-electron chi connectivity index (χ1n) is 5.97. The fourth-order valence-electron chi connectivity index (χ4n) is 2.48. The lowest BCUT2D eigenvalue weighted by Gasteiger charge is -2.40. The molecule has 0 bridgehead atoms. The van der Waals surface area contributed by atoms with Gasteiger partial charge in [0.25, 0.3) is 0 Å². The van der Waals surface area contributed by atoms with Gasteiger partial charge >= 0.3 is 0 Å². The van der Waals surface area contributed by atoms with Gasteiger partial charge in [-0.05, 0) is 26.8 Å². The van der Waals surface area contributed by atoms with Crippen molar-refractivity contribution in [2.45, 2.75) is 37.6 Å². The average Bonchev–Trinajstić information content (AvgIpc) is 2.23. The molecule has 3 nitrogen and oxygen atoms in total. The van der Waals surface area contributed by atoms with Gasteiger partial charge in [0.1, 0.15) is 5.82 Å². The van der Waals surface area contributed by atoms with Gasteiger partial charge in [0.05, 0.1) is 17.0 Å². The molecule has 1 fully saturated rings. The highest BCUT2D eigenvalue weighted by Gasteiger charge is 2.43. The van der Waals surface area contributed by atoms with Crippen LogP contribution in [-0.2, 0) is 9.84 Å². The van der Waals surface area contributed by atoms with E-state index in [4.69, 9.17) is 0 Å². The summed E-state index contributed by atoms with van der Waals surface area (Å²) in [5.41, 5.74) is -0.125. The zero-order valence-electron chi connectivity index (χ0n) is 10.8. The molecular weight excluding hydrogens is 253 g/mol. The summed E-state index contributed by atoms with van der Waals surface area (Å²) in [5.74, 6) is -0.290.